The lowest BCUT2D eigenvalue weighted by Gasteiger charge is -2.23. The number of aromatic nitrogens is 2. The summed E-state index contributed by atoms with van der Waals surface area (Å²) in [6.07, 6.45) is 1.23. The molecule has 2 N–H and O–H groups in total. The molecule has 0 saturated heterocycles. The quantitative estimate of drug-likeness (QED) is 0.550. The maximum absolute atomic E-state index is 12.8. The Hall–Kier alpha value is -3.61. The highest BCUT2D eigenvalue weighted by Gasteiger charge is 2.28. The lowest BCUT2D eigenvalue weighted by molar-refractivity contribution is 0.0952. The molecule has 7 nitrogen and oxygen atoms in total. The van der Waals surface area contributed by atoms with Crippen LogP contribution in [0.25, 0.3) is 0 Å². The van der Waals surface area contributed by atoms with Crippen molar-refractivity contribution in [3.8, 4) is 11.5 Å². The molecule has 160 valence electrons. The number of methoxy groups -OCH3 is 1. The fourth-order valence-corrected chi connectivity index (χ4v) is 3.68. The van der Waals surface area contributed by atoms with Crippen molar-refractivity contribution in [1.29, 1.82) is 0 Å². The summed E-state index contributed by atoms with van der Waals surface area (Å²) in [5.74, 6) is 2.78. The third-order valence-electron chi connectivity index (χ3n) is 5.09. The highest BCUT2D eigenvalue weighted by atomic mass is 16.5. The first-order valence-corrected chi connectivity index (χ1v) is 10.4. The Kier molecular flexibility index (Phi) is 6.02. The minimum Gasteiger partial charge on any atom is -0.497 e. The summed E-state index contributed by atoms with van der Waals surface area (Å²) in [5.41, 5.74) is 2.96. The van der Waals surface area contributed by atoms with E-state index in [0.717, 1.165) is 35.0 Å². The van der Waals surface area contributed by atoms with E-state index in [1.54, 1.807) is 7.11 Å². The second kappa shape index (κ2) is 9.04. The molecule has 0 spiro atoms. The van der Waals surface area contributed by atoms with Gasteiger partial charge in [0.2, 0.25) is 5.95 Å². The molecule has 0 fully saturated rings. The maximum Gasteiger partial charge on any atom is 0.229 e. The molecule has 0 bridgehead atoms. The van der Waals surface area contributed by atoms with Gasteiger partial charge in [0.05, 0.1) is 25.0 Å². The Labute approximate surface area is 181 Å². The molecule has 0 amide bonds. The number of ketones is 1. The van der Waals surface area contributed by atoms with Gasteiger partial charge in [-0.2, -0.15) is 4.98 Å². The van der Waals surface area contributed by atoms with Crippen LogP contribution in [-0.2, 0) is 6.42 Å². The Morgan fingerprint density at radius 1 is 1.00 bits per heavy atom. The zero-order valence-corrected chi connectivity index (χ0v) is 17.9. The van der Waals surface area contributed by atoms with Crippen molar-refractivity contribution in [1.82, 2.24) is 9.97 Å². The van der Waals surface area contributed by atoms with E-state index in [4.69, 9.17) is 9.47 Å². The van der Waals surface area contributed by atoms with E-state index in [1.165, 1.54) is 0 Å². The summed E-state index contributed by atoms with van der Waals surface area (Å²) in [7, 11) is 1.62. The average molecular weight is 418 g/mol. The maximum atomic E-state index is 12.8. The Bertz CT molecular complexity index is 1080. The summed E-state index contributed by atoms with van der Waals surface area (Å²) in [6.45, 7) is 4.64. The second-order valence-corrected chi connectivity index (χ2v) is 7.59. The van der Waals surface area contributed by atoms with Crippen LogP contribution in [0.15, 0.2) is 48.5 Å². The van der Waals surface area contributed by atoms with Crippen molar-refractivity contribution in [2.75, 3.05) is 24.4 Å². The van der Waals surface area contributed by atoms with Crippen LogP contribution in [0.3, 0.4) is 0 Å². The summed E-state index contributed by atoms with van der Waals surface area (Å²) in [6, 6.07) is 15.1. The van der Waals surface area contributed by atoms with Crippen LogP contribution in [0, 0.1) is 5.92 Å². The van der Waals surface area contributed by atoms with Crippen molar-refractivity contribution in [3.63, 3.8) is 0 Å². The topological polar surface area (TPSA) is 85.4 Å². The van der Waals surface area contributed by atoms with E-state index < -0.39 is 0 Å². The van der Waals surface area contributed by atoms with Crippen LogP contribution in [0.1, 0.15) is 36.3 Å². The van der Waals surface area contributed by atoms with Gasteiger partial charge in [-0.15, -0.1) is 0 Å². The van der Waals surface area contributed by atoms with Gasteiger partial charge in [0.1, 0.15) is 17.3 Å². The van der Waals surface area contributed by atoms with E-state index in [2.05, 4.69) is 27.5 Å². The Morgan fingerprint density at radius 3 is 2.55 bits per heavy atom. The summed E-state index contributed by atoms with van der Waals surface area (Å²) in [5, 5.41) is 6.54. The highest BCUT2D eigenvalue weighted by Crippen LogP contribution is 2.32. The third kappa shape index (κ3) is 4.77. The van der Waals surface area contributed by atoms with Crippen LogP contribution < -0.4 is 20.1 Å². The number of anilines is 4. The van der Waals surface area contributed by atoms with Gasteiger partial charge in [0, 0.05) is 23.9 Å². The van der Waals surface area contributed by atoms with Gasteiger partial charge in [-0.05, 0) is 55.7 Å². The number of hydrogen-bond acceptors (Lipinski definition) is 7. The largest absolute Gasteiger partial charge is 0.497 e. The van der Waals surface area contributed by atoms with E-state index >= 15 is 0 Å². The zero-order valence-electron chi connectivity index (χ0n) is 17.9. The van der Waals surface area contributed by atoms with Crippen molar-refractivity contribution in [3.05, 3.63) is 59.8 Å². The van der Waals surface area contributed by atoms with E-state index in [9.17, 15) is 4.79 Å². The third-order valence-corrected chi connectivity index (χ3v) is 5.09. The molecule has 4 rings (SSSR count). The standard InChI is InChI=1S/C24H26N4O3/c1-4-31-18-10-8-16(9-11-18)26-24-27-20-12-15(2)13-21(29)22(20)23(28-24)25-17-6-5-7-19(14-17)30-3/h5-11,14-15H,4,12-13H2,1-3H3,(H2,25,26,27,28). The smallest absolute Gasteiger partial charge is 0.229 e. The van der Waals surface area contributed by atoms with Crippen LogP contribution in [0.4, 0.5) is 23.1 Å². The second-order valence-electron chi connectivity index (χ2n) is 7.59. The predicted octanol–water partition coefficient (Wildman–Crippen LogP) is 5.14. The molecule has 7 heteroatoms. The summed E-state index contributed by atoms with van der Waals surface area (Å²) >= 11 is 0. The first-order chi connectivity index (χ1) is 15.1. The van der Waals surface area contributed by atoms with Crippen LogP contribution in [-0.4, -0.2) is 29.5 Å². The highest BCUT2D eigenvalue weighted by molar-refractivity contribution is 6.03. The molecule has 31 heavy (non-hydrogen) atoms. The van der Waals surface area contributed by atoms with Crippen LogP contribution in [0.2, 0.25) is 0 Å². The monoisotopic (exact) mass is 418 g/mol. The minimum atomic E-state index is 0.0618. The molecule has 1 aromatic heterocycles. The molecule has 0 radical (unpaired) electrons. The molecule has 1 unspecified atom stereocenters. The minimum absolute atomic E-state index is 0.0618. The van der Waals surface area contributed by atoms with Gasteiger partial charge in [-0.25, -0.2) is 4.98 Å². The van der Waals surface area contributed by atoms with Crippen molar-refractivity contribution in [2.45, 2.75) is 26.7 Å². The summed E-state index contributed by atoms with van der Waals surface area (Å²) in [4.78, 5) is 22.1. The molecular weight excluding hydrogens is 392 g/mol. The number of carbonyl (C=O) groups is 1. The van der Waals surface area contributed by atoms with E-state index in [0.29, 0.717) is 30.4 Å². The number of nitrogens with one attached hydrogen (secondary N) is 2. The normalized spacial score (nSPS) is 15.2. The average Bonchev–Trinajstić information content (AvgIpc) is 2.75. The molecule has 0 aliphatic heterocycles. The molecule has 1 aliphatic rings. The predicted molar refractivity (Wildman–Crippen MR) is 121 cm³/mol. The van der Waals surface area contributed by atoms with Crippen molar-refractivity contribution in [2.24, 2.45) is 5.92 Å². The fraction of sp³-hybridized carbons (Fsp3) is 0.292. The number of rotatable bonds is 7. The Morgan fingerprint density at radius 2 is 1.81 bits per heavy atom. The number of benzene rings is 2. The Balaban J connectivity index is 1.68. The van der Waals surface area contributed by atoms with Crippen molar-refractivity contribution < 1.29 is 14.3 Å². The zero-order chi connectivity index (χ0) is 21.8. The van der Waals surface area contributed by atoms with Crippen molar-refractivity contribution >= 4 is 28.9 Å². The molecule has 1 heterocycles. The first kappa shape index (κ1) is 20.7. The number of nitrogens with zero attached hydrogens (tertiary/aromatic N) is 2. The number of carbonyl (C=O) groups excluding carboxylic acids is 1. The SMILES string of the molecule is CCOc1ccc(Nc2nc3c(c(Nc4cccc(OC)c4)n2)C(=O)CC(C)C3)cc1. The van der Waals surface area contributed by atoms with E-state index in [1.807, 2.05) is 55.5 Å². The molecule has 0 saturated carbocycles. The van der Waals surface area contributed by atoms with Crippen LogP contribution in [0.5, 0.6) is 11.5 Å². The molecule has 1 atom stereocenters. The van der Waals surface area contributed by atoms with Gasteiger partial charge in [0.25, 0.3) is 0 Å². The lowest BCUT2D eigenvalue weighted by Crippen LogP contribution is -2.22. The first-order valence-electron chi connectivity index (χ1n) is 10.4. The molecule has 3 aromatic rings. The lowest BCUT2D eigenvalue weighted by atomic mass is 9.87. The summed E-state index contributed by atoms with van der Waals surface area (Å²) < 4.78 is 10.8. The van der Waals surface area contributed by atoms with Crippen LogP contribution >= 0.6 is 0 Å². The number of hydrogen-bond donors (Lipinski definition) is 2. The van der Waals surface area contributed by atoms with Gasteiger partial charge < -0.3 is 20.1 Å². The van der Waals surface area contributed by atoms with E-state index in [-0.39, 0.29) is 11.7 Å². The number of fused-ring (bicyclic) bond motifs is 1. The van der Waals surface area contributed by atoms with Gasteiger partial charge >= 0.3 is 0 Å². The molecular formula is C24H26N4O3. The number of Topliss-reactive ketones (excluding diaryl/α,β-unsaturated/α-hetero) is 1. The van der Waals surface area contributed by atoms with Gasteiger partial charge in [-0.3, -0.25) is 4.79 Å². The fourth-order valence-electron chi connectivity index (χ4n) is 3.68. The van der Waals surface area contributed by atoms with Gasteiger partial charge in [0.15, 0.2) is 5.78 Å². The molecule has 1 aliphatic carbocycles. The molecule has 2 aromatic carbocycles. The van der Waals surface area contributed by atoms with Gasteiger partial charge in [-0.1, -0.05) is 13.0 Å². The number of ether oxygens (including phenoxy) is 2.